The van der Waals surface area contributed by atoms with Crippen LogP contribution in [-0.2, 0) is 9.59 Å². The van der Waals surface area contributed by atoms with E-state index in [1.54, 1.807) is 0 Å². The van der Waals surface area contributed by atoms with E-state index >= 15 is 0 Å². The number of carbonyl (C=O) groups is 2. The van der Waals surface area contributed by atoms with Crippen LogP contribution in [0.25, 0.3) is 0 Å². The predicted octanol–water partition coefficient (Wildman–Crippen LogP) is 2.27. The standard InChI is InChI=1S/C16H28N2O2/c1-14(19)12-15(20)17-13-16(8-4-2-5-9-16)18-10-6-3-7-11-18/h2-13H2,1H3,(H,17,20). The summed E-state index contributed by atoms with van der Waals surface area (Å²) in [6, 6.07) is 0. The highest BCUT2D eigenvalue weighted by Crippen LogP contribution is 2.35. The Balaban J connectivity index is 1.95. The van der Waals surface area contributed by atoms with Crippen LogP contribution in [0.2, 0.25) is 0 Å². The number of nitrogens with zero attached hydrogens (tertiary/aromatic N) is 1. The largest absolute Gasteiger partial charge is 0.354 e. The third-order valence-corrected chi connectivity index (χ3v) is 4.84. The zero-order valence-electron chi connectivity index (χ0n) is 12.7. The number of Topliss-reactive ketones (excluding diaryl/α,β-unsaturated/α-hetero) is 1. The Bertz CT molecular complexity index is 342. The lowest BCUT2D eigenvalue weighted by Gasteiger charge is -2.48. The summed E-state index contributed by atoms with van der Waals surface area (Å²) in [5.41, 5.74) is 0.158. The van der Waals surface area contributed by atoms with E-state index in [4.69, 9.17) is 0 Å². The summed E-state index contributed by atoms with van der Waals surface area (Å²) in [5.74, 6) is -0.169. The Morgan fingerprint density at radius 2 is 1.60 bits per heavy atom. The minimum atomic E-state index is -0.112. The van der Waals surface area contributed by atoms with Gasteiger partial charge in [-0.25, -0.2) is 0 Å². The molecule has 4 heteroatoms. The van der Waals surface area contributed by atoms with E-state index in [9.17, 15) is 9.59 Å². The molecule has 1 N–H and O–H groups in total. The Kier molecular flexibility index (Phi) is 5.58. The molecule has 0 aromatic rings. The zero-order chi connectivity index (χ0) is 14.4. The van der Waals surface area contributed by atoms with E-state index in [0.717, 1.165) is 6.54 Å². The maximum absolute atomic E-state index is 11.8. The van der Waals surface area contributed by atoms with Crippen LogP contribution in [0.1, 0.15) is 64.7 Å². The molecule has 114 valence electrons. The van der Waals surface area contributed by atoms with Gasteiger partial charge in [0.2, 0.25) is 5.91 Å². The van der Waals surface area contributed by atoms with Crippen molar-refractivity contribution in [2.75, 3.05) is 19.6 Å². The fraction of sp³-hybridized carbons (Fsp3) is 0.875. The molecule has 1 heterocycles. The van der Waals surface area contributed by atoms with Crippen LogP contribution >= 0.6 is 0 Å². The Labute approximate surface area is 122 Å². The van der Waals surface area contributed by atoms with Crippen LogP contribution in [0.15, 0.2) is 0 Å². The molecule has 2 aliphatic rings. The molecule has 1 aliphatic heterocycles. The SMILES string of the molecule is CC(=O)CC(=O)NCC1(N2CCCCC2)CCCCC1. The second kappa shape index (κ2) is 7.21. The summed E-state index contributed by atoms with van der Waals surface area (Å²) in [4.78, 5) is 25.4. The van der Waals surface area contributed by atoms with Crippen molar-refractivity contribution in [3.05, 3.63) is 0 Å². The third kappa shape index (κ3) is 4.05. The number of hydrogen-bond donors (Lipinski definition) is 1. The van der Waals surface area contributed by atoms with Gasteiger partial charge in [-0.05, 0) is 45.7 Å². The van der Waals surface area contributed by atoms with E-state index in [0.29, 0.717) is 0 Å². The molecule has 0 aromatic carbocycles. The number of nitrogens with one attached hydrogen (secondary N) is 1. The van der Waals surface area contributed by atoms with Crippen molar-refractivity contribution < 1.29 is 9.59 Å². The monoisotopic (exact) mass is 280 g/mol. The summed E-state index contributed by atoms with van der Waals surface area (Å²) < 4.78 is 0. The van der Waals surface area contributed by atoms with Crippen molar-refractivity contribution in [1.29, 1.82) is 0 Å². The molecule has 0 bridgehead atoms. The van der Waals surface area contributed by atoms with Gasteiger partial charge in [-0.15, -0.1) is 0 Å². The van der Waals surface area contributed by atoms with Crippen molar-refractivity contribution in [3.8, 4) is 0 Å². The molecular formula is C16H28N2O2. The quantitative estimate of drug-likeness (QED) is 0.786. The van der Waals surface area contributed by atoms with Gasteiger partial charge in [0, 0.05) is 12.1 Å². The first-order valence-corrected chi connectivity index (χ1v) is 8.14. The molecule has 1 aliphatic carbocycles. The van der Waals surface area contributed by atoms with Gasteiger partial charge < -0.3 is 5.32 Å². The number of hydrogen-bond acceptors (Lipinski definition) is 3. The maximum atomic E-state index is 11.8. The second-order valence-corrected chi connectivity index (χ2v) is 6.49. The minimum absolute atomic E-state index is 0.0239. The van der Waals surface area contributed by atoms with Gasteiger partial charge in [0.1, 0.15) is 5.78 Å². The van der Waals surface area contributed by atoms with Crippen LogP contribution in [0.5, 0.6) is 0 Å². The predicted molar refractivity (Wildman–Crippen MR) is 79.5 cm³/mol. The third-order valence-electron chi connectivity index (χ3n) is 4.84. The van der Waals surface area contributed by atoms with Crippen molar-refractivity contribution >= 4 is 11.7 Å². The molecule has 1 amide bonds. The van der Waals surface area contributed by atoms with Crippen molar-refractivity contribution in [3.63, 3.8) is 0 Å². The number of piperidine rings is 1. The minimum Gasteiger partial charge on any atom is -0.354 e. The summed E-state index contributed by atoms with van der Waals surface area (Å²) in [6.07, 6.45) is 10.1. The Hall–Kier alpha value is -0.900. The lowest BCUT2D eigenvalue weighted by molar-refractivity contribution is -0.127. The highest BCUT2D eigenvalue weighted by Gasteiger charge is 2.38. The molecule has 4 nitrogen and oxygen atoms in total. The Morgan fingerprint density at radius 3 is 2.20 bits per heavy atom. The molecule has 0 radical (unpaired) electrons. The van der Waals surface area contributed by atoms with Gasteiger partial charge in [0.15, 0.2) is 0 Å². The van der Waals surface area contributed by atoms with Crippen molar-refractivity contribution in [1.82, 2.24) is 10.2 Å². The fourth-order valence-electron chi connectivity index (χ4n) is 3.73. The lowest BCUT2D eigenvalue weighted by atomic mass is 9.79. The number of likely N-dealkylation sites (tertiary alicyclic amines) is 1. The van der Waals surface area contributed by atoms with Crippen LogP contribution < -0.4 is 5.32 Å². The van der Waals surface area contributed by atoms with Crippen molar-refractivity contribution in [2.45, 2.75) is 70.3 Å². The van der Waals surface area contributed by atoms with Crippen LogP contribution in [0, 0.1) is 0 Å². The first-order chi connectivity index (χ1) is 9.62. The molecule has 20 heavy (non-hydrogen) atoms. The van der Waals surface area contributed by atoms with Gasteiger partial charge in [-0.3, -0.25) is 14.5 Å². The average molecular weight is 280 g/mol. The highest BCUT2D eigenvalue weighted by atomic mass is 16.2. The molecule has 0 spiro atoms. The molecule has 1 saturated heterocycles. The summed E-state index contributed by atoms with van der Waals surface area (Å²) in [5, 5.41) is 3.02. The van der Waals surface area contributed by atoms with Gasteiger partial charge in [-0.1, -0.05) is 25.7 Å². The van der Waals surface area contributed by atoms with E-state index in [1.165, 1.54) is 71.4 Å². The summed E-state index contributed by atoms with van der Waals surface area (Å²) in [6.45, 7) is 4.53. The number of ketones is 1. The first kappa shape index (κ1) is 15.5. The lowest BCUT2D eigenvalue weighted by Crippen LogP contribution is -2.58. The number of amides is 1. The number of carbonyl (C=O) groups excluding carboxylic acids is 2. The normalized spacial score (nSPS) is 23.2. The van der Waals surface area contributed by atoms with E-state index in [2.05, 4.69) is 10.2 Å². The molecule has 2 fully saturated rings. The van der Waals surface area contributed by atoms with Crippen LogP contribution in [0.3, 0.4) is 0 Å². The highest BCUT2D eigenvalue weighted by molar-refractivity contribution is 5.96. The summed E-state index contributed by atoms with van der Waals surface area (Å²) >= 11 is 0. The molecular weight excluding hydrogens is 252 g/mol. The van der Waals surface area contributed by atoms with Crippen LogP contribution in [-0.4, -0.2) is 41.8 Å². The summed E-state index contributed by atoms with van der Waals surface area (Å²) in [7, 11) is 0. The van der Waals surface area contributed by atoms with E-state index < -0.39 is 0 Å². The van der Waals surface area contributed by atoms with Gasteiger partial charge in [0.25, 0.3) is 0 Å². The van der Waals surface area contributed by atoms with E-state index in [-0.39, 0.29) is 23.7 Å². The smallest absolute Gasteiger partial charge is 0.227 e. The van der Waals surface area contributed by atoms with E-state index in [1.807, 2.05) is 0 Å². The van der Waals surface area contributed by atoms with Gasteiger partial charge in [0.05, 0.1) is 6.42 Å². The first-order valence-electron chi connectivity index (χ1n) is 8.14. The average Bonchev–Trinajstić information content (AvgIpc) is 2.46. The number of rotatable bonds is 5. The maximum Gasteiger partial charge on any atom is 0.227 e. The van der Waals surface area contributed by atoms with Gasteiger partial charge in [-0.2, -0.15) is 0 Å². The van der Waals surface area contributed by atoms with Crippen LogP contribution in [0.4, 0.5) is 0 Å². The topological polar surface area (TPSA) is 49.4 Å². The molecule has 0 unspecified atom stereocenters. The molecule has 1 saturated carbocycles. The zero-order valence-corrected chi connectivity index (χ0v) is 12.7. The van der Waals surface area contributed by atoms with Gasteiger partial charge >= 0.3 is 0 Å². The molecule has 0 atom stereocenters. The second-order valence-electron chi connectivity index (χ2n) is 6.49. The molecule has 2 rings (SSSR count). The van der Waals surface area contributed by atoms with Crippen molar-refractivity contribution in [2.24, 2.45) is 0 Å². The Morgan fingerprint density at radius 1 is 1.00 bits per heavy atom. The molecule has 0 aromatic heterocycles. The fourth-order valence-corrected chi connectivity index (χ4v) is 3.73.